The SMILES string of the molecule is CCNC(=NCc1ccc(OC)c(NC(C)=O)c1)NCC(C)(O)c1ccccc1.I. The Hall–Kier alpha value is -2.33. The van der Waals surface area contributed by atoms with Gasteiger partial charge in [0.1, 0.15) is 11.4 Å². The second-order valence-electron chi connectivity index (χ2n) is 6.90. The maximum atomic E-state index is 11.4. The van der Waals surface area contributed by atoms with Gasteiger partial charge in [-0.25, -0.2) is 4.99 Å². The fourth-order valence-electron chi connectivity index (χ4n) is 2.81. The van der Waals surface area contributed by atoms with Crippen molar-refractivity contribution in [2.75, 3.05) is 25.5 Å². The number of hydrogen-bond acceptors (Lipinski definition) is 4. The van der Waals surface area contributed by atoms with Crippen molar-refractivity contribution in [1.82, 2.24) is 10.6 Å². The molecule has 2 rings (SSSR count). The van der Waals surface area contributed by atoms with E-state index in [4.69, 9.17) is 4.74 Å². The van der Waals surface area contributed by atoms with E-state index in [9.17, 15) is 9.90 Å². The first-order chi connectivity index (χ1) is 13.9. The Bertz CT molecular complexity index is 842. The van der Waals surface area contributed by atoms with E-state index in [1.807, 2.05) is 49.4 Å². The van der Waals surface area contributed by atoms with Crippen molar-refractivity contribution in [1.29, 1.82) is 0 Å². The number of nitrogens with one attached hydrogen (secondary N) is 3. The van der Waals surface area contributed by atoms with Crippen LogP contribution in [0.25, 0.3) is 0 Å². The summed E-state index contributed by atoms with van der Waals surface area (Å²) >= 11 is 0. The topological polar surface area (TPSA) is 95.0 Å². The maximum Gasteiger partial charge on any atom is 0.221 e. The molecule has 2 aromatic carbocycles. The first-order valence-corrected chi connectivity index (χ1v) is 9.60. The van der Waals surface area contributed by atoms with Crippen LogP contribution < -0.4 is 20.7 Å². The van der Waals surface area contributed by atoms with E-state index >= 15 is 0 Å². The van der Waals surface area contributed by atoms with Gasteiger partial charge in [-0.05, 0) is 37.1 Å². The highest BCUT2D eigenvalue weighted by Crippen LogP contribution is 2.25. The molecular formula is C22H31IN4O3. The maximum absolute atomic E-state index is 11.4. The molecule has 0 aliphatic rings. The molecule has 0 saturated heterocycles. The Labute approximate surface area is 195 Å². The molecule has 0 aromatic heterocycles. The summed E-state index contributed by atoms with van der Waals surface area (Å²) in [6.07, 6.45) is 0. The minimum Gasteiger partial charge on any atom is -0.495 e. The number of hydrogen-bond donors (Lipinski definition) is 4. The summed E-state index contributed by atoms with van der Waals surface area (Å²) in [7, 11) is 1.56. The zero-order chi connectivity index (χ0) is 21.3. The van der Waals surface area contributed by atoms with Gasteiger partial charge in [0, 0.05) is 13.5 Å². The minimum atomic E-state index is -1.03. The van der Waals surface area contributed by atoms with Crippen LogP contribution >= 0.6 is 24.0 Å². The number of anilines is 1. The van der Waals surface area contributed by atoms with E-state index in [1.165, 1.54) is 6.92 Å². The molecule has 1 amide bonds. The van der Waals surface area contributed by atoms with Crippen LogP contribution in [0.1, 0.15) is 31.9 Å². The average Bonchev–Trinajstić information content (AvgIpc) is 2.70. The molecule has 0 heterocycles. The summed E-state index contributed by atoms with van der Waals surface area (Å²) in [5.74, 6) is 1.03. The van der Waals surface area contributed by atoms with Gasteiger partial charge in [-0.2, -0.15) is 0 Å². The zero-order valence-corrected chi connectivity index (χ0v) is 20.2. The summed E-state index contributed by atoms with van der Waals surface area (Å²) < 4.78 is 5.28. The Balaban J connectivity index is 0.00000450. The van der Waals surface area contributed by atoms with Crippen LogP contribution in [0.4, 0.5) is 5.69 Å². The van der Waals surface area contributed by atoms with Crippen molar-refractivity contribution in [3.05, 3.63) is 59.7 Å². The first kappa shape index (κ1) is 25.7. The Morgan fingerprint density at radius 2 is 1.87 bits per heavy atom. The summed E-state index contributed by atoms with van der Waals surface area (Å²) in [5, 5.41) is 19.9. The number of benzene rings is 2. The highest BCUT2D eigenvalue weighted by Gasteiger charge is 2.22. The molecule has 8 heteroatoms. The normalized spacial score (nSPS) is 12.9. The van der Waals surface area contributed by atoms with Crippen LogP contribution in [0.3, 0.4) is 0 Å². The largest absolute Gasteiger partial charge is 0.495 e. The van der Waals surface area contributed by atoms with E-state index in [-0.39, 0.29) is 29.9 Å². The molecule has 0 spiro atoms. The van der Waals surface area contributed by atoms with Crippen LogP contribution in [-0.4, -0.2) is 37.2 Å². The van der Waals surface area contributed by atoms with Crippen LogP contribution in [0, 0.1) is 0 Å². The lowest BCUT2D eigenvalue weighted by Gasteiger charge is -2.25. The van der Waals surface area contributed by atoms with Gasteiger partial charge in [-0.15, -0.1) is 24.0 Å². The Morgan fingerprint density at radius 1 is 1.17 bits per heavy atom. The van der Waals surface area contributed by atoms with Crippen molar-refractivity contribution >= 4 is 41.5 Å². The molecule has 0 aliphatic heterocycles. The molecule has 7 nitrogen and oxygen atoms in total. The third-order valence-corrected chi connectivity index (χ3v) is 4.33. The molecule has 1 unspecified atom stereocenters. The fraction of sp³-hybridized carbons (Fsp3) is 0.364. The van der Waals surface area contributed by atoms with Gasteiger partial charge in [0.2, 0.25) is 5.91 Å². The van der Waals surface area contributed by atoms with Crippen molar-refractivity contribution in [3.63, 3.8) is 0 Å². The number of amides is 1. The van der Waals surface area contributed by atoms with Crippen molar-refractivity contribution in [2.24, 2.45) is 4.99 Å². The number of halogens is 1. The molecule has 4 N–H and O–H groups in total. The van der Waals surface area contributed by atoms with E-state index in [2.05, 4.69) is 20.9 Å². The van der Waals surface area contributed by atoms with Crippen LogP contribution in [0.15, 0.2) is 53.5 Å². The first-order valence-electron chi connectivity index (χ1n) is 9.60. The predicted octanol–water partition coefficient (Wildman–Crippen LogP) is 3.23. The number of aliphatic hydroxyl groups is 1. The van der Waals surface area contributed by atoms with Crippen LogP contribution in [0.5, 0.6) is 5.75 Å². The lowest BCUT2D eigenvalue weighted by Crippen LogP contribution is -2.44. The lowest BCUT2D eigenvalue weighted by atomic mass is 9.96. The zero-order valence-electron chi connectivity index (χ0n) is 17.9. The summed E-state index contributed by atoms with van der Waals surface area (Å²) in [5.41, 5.74) is 1.33. The van der Waals surface area contributed by atoms with Gasteiger partial charge >= 0.3 is 0 Å². The Morgan fingerprint density at radius 3 is 2.47 bits per heavy atom. The smallest absolute Gasteiger partial charge is 0.221 e. The number of aliphatic imine (C=N–C) groups is 1. The summed E-state index contributed by atoms with van der Waals surface area (Å²) in [6.45, 7) is 6.61. The summed E-state index contributed by atoms with van der Waals surface area (Å²) in [4.78, 5) is 16.0. The number of methoxy groups -OCH3 is 1. The molecule has 0 radical (unpaired) electrons. The van der Waals surface area contributed by atoms with Gasteiger partial charge in [0.15, 0.2) is 5.96 Å². The number of carbonyl (C=O) groups excluding carboxylic acids is 1. The summed E-state index contributed by atoms with van der Waals surface area (Å²) in [6, 6.07) is 15.1. The van der Waals surface area contributed by atoms with Gasteiger partial charge in [-0.1, -0.05) is 36.4 Å². The van der Waals surface area contributed by atoms with E-state index in [1.54, 1.807) is 20.1 Å². The third kappa shape index (κ3) is 7.83. The highest BCUT2D eigenvalue weighted by molar-refractivity contribution is 14.0. The van der Waals surface area contributed by atoms with Crippen molar-refractivity contribution < 1.29 is 14.6 Å². The molecule has 0 saturated carbocycles. The number of guanidine groups is 1. The molecule has 0 aliphatic carbocycles. The van der Waals surface area contributed by atoms with Crippen LogP contribution in [0.2, 0.25) is 0 Å². The number of rotatable bonds is 8. The Kier molecular flexibility index (Phi) is 10.6. The molecule has 0 bridgehead atoms. The van der Waals surface area contributed by atoms with Gasteiger partial charge < -0.3 is 25.8 Å². The highest BCUT2D eigenvalue weighted by atomic mass is 127. The average molecular weight is 526 g/mol. The van der Waals surface area contributed by atoms with Crippen molar-refractivity contribution in [3.8, 4) is 5.75 Å². The van der Waals surface area contributed by atoms with Crippen LogP contribution in [-0.2, 0) is 16.9 Å². The van der Waals surface area contributed by atoms with Gasteiger partial charge in [0.05, 0.1) is 25.9 Å². The minimum absolute atomic E-state index is 0. The van der Waals surface area contributed by atoms with Gasteiger partial charge in [-0.3, -0.25) is 4.79 Å². The second kappa shape index (κ2) is 12.4. The number of ether oxygens (including phenoxy) is 1. The second-order valence-corrected chi connectivity index (χ2v) is 6.90. The molecule has 30 heavy (non-hydrogen) atoms. The molecule has 2 aromatic rings. The van der Waals surface area contributed by atoms with E-state index in [0.29, 0.717) is 37.0 Å². The molecule has 1 atom stereocenters. The predicted molar refractivity (Wildman–Crippen MR) is 132 cm³/mol. The quantitative estimate of drug-likeness (QED) is 0.241. The molecule has 0 fully saturated rings. The molecule has 164 valence electrons. The molecular weight excluding hydrogens is 495 g/mol. The van der Waals surface area contributed by atoms with Crippen molar-refractivity contribution in [2.45, 2.75) is 32.9 Å². The standard InChI is InChI=1S/C22H30N4O3.HI/c1-5-23-21(25-15-22(3,28)18-9-7-6-8-10-18)24-14-17-11-12-20(29-4)19(13-17)26-16(2)27;/h6-13,28H,5,14-15H2,1-4H3,(H,26,27)(H2,23,24,25);1H. The number of carbonyl (C=O) groups is 1. The monoisotopic (exact) mass is 526 g/mol. The van der Waals surface area contributed by atoms with E-state index in [0.717, 1.165) is 11.1 Å². The van der Waals surface area contributed by atoms with Gasteiger partial charge in [0.25, 0.3) is 0 Å². The lowest BCUT2D eigenvalue weighted by molar-refractivity contribution is -0.114. The van der Waals surface area contributed by atoms with E-state index < -0.39 is 5.60 Å². The third-order valence-electron chi connectivity index (χ3n) is 4.33. The fourth-order valence-corrected chi connectivity index (χ4v) is 2.81. The number of nitrogens with zero attached hydrogens (tertiary/aromatic N) is 1.